The molecule has 0 aromatic carbocycles. The fourth-order valence-electron chi connectivity index (χ4n) is 3.09. The molecule has 6 heteroatoms. The van der Waals surface area contributed by atoms with Gasteiger partial charge >= 0.3 is 0 Å². The van der Waals surface area contributed by atoms with Gasteiger partial charge in [0.2, 0.25) is 10.0 Å². The van der Waals surface area contributed by atoms with E-state index in [1.54, 1.807) is 4.31 Å². The van der Waals surface area contributed by atoms with E-state index in [2.05, 4.69) is 30.6 Å². The van der Waals surface area contributed by atoms with Crippen molar-refractivity contribution in [2.45, 2.75) is 38.8 Å². The molecule has 2 rings (SSSR count). The maximum atomic E-state index is 11.7. The van der Waals surface area contributed by atoms with Crippen LogP contribution in [0.2, 0.25) is 0 Å². The van der Waals surface area contributed by atoms with Gasteiger partial charge in [0.15, 0.2) is 0 Å². The molecule has 2 aliphatic heterocycles. The Balaban J connectivity index is 2.20. The van der Waals surface area contributed by atoms with E-state index in [-0.39, 0.29) is 5.54 Å². The molecule has 0 amide bonds. The number of rotatable bonds is 3. The second-order valence-corrected chi connectivity index (χ2v) is 7.90. The summed E-state index contributed by atoms with van der Waals surface area (Å²) in [5.74, 6) is 0. The fourth-order valence-corrected chi connectivity index (χ4v) is 3.92. The van der Waals surface area contributed by atoms with E-state index in [9.17, 15) is 8.42 Å². The van der Waals surface area contributed by atoms with Crippen LogP contribution in [-0.4, -0.2) is 73.2 Å². The van der Waals surface area contributed by atoms with Gasteiger partial charge in [-0.1, -0.05) is 6.92 Å². The molecule has 0 spiro atoms. The van der Waals surface area contributed by atoms with Crippen LogP contribution >= 0.6 is 0 Å². The lowest BCUT2D eigenvalue weighted by molar-refractivity contribution is 0.0169. The minimum Gasteiger partial charge on any atom is -0.298 e. The lowest BCUT2D eigenvalue weighted by Gasteiger charge is -2.47. The van der Waals surface area contributed by atoms with Crippen molar-refractivity contribution in [2.24, 2.45) is 0 Å². The average Bonchev–Trinajstić information content (AvgIpc) is 2.67. The van der Waals surface area contributed by atoms with E-state index in [1.165, 1.54) is 6.26 Å². The minimum atomic E-state index is -3.07. The second-order valence-electron chi connectivity index (χ2n) is 5.92. The molecule has 0 aliphatic carbocycles. The molecule has 0 N–H and O–H groups in total. The van der Waals surface area contributed by atoms with Gasteiger partial charge in [-0.2, -0.15) is 4.31 Å². The molecule has 2 fully saturated rings. The highest BCUT2D eigenvalue weighted by Crippen LogP contribution is 2.33. The number of piperazine rings is 1. The van der Waals surface area contributed by atoms with Gasteiger partial charge in [-0.25, -0.2) is 8.42 Å². The largest absolute Gasteiger partial charge is 0.298 e. The Bertz CT molecular complexity index is 410. The van der Waals surface area contributed by atoms with Gasteiger partial charge in [0.25, 0.3) is 0 Å². The van der Waals surface area contributed by atoms with Crippen molar-refractivity contribution in [3.05, 3.63) is 0 Å². The summed E-state index contributed by atoms with van der Waals surface area (Å²) >= 11 is 0. The molecule has 0 saturated carbocycles. The normalized spacial score (nSPS) is 32.1. The summed E-state index contributed by atoms with van der Waals surface area (Å²) in [6.45, 7) is 10.8. The van der Waals surface area contributed by atoms with Crippen molar-refractivity contribution in [1.82, 2.24) is 14.1 Å². The zero-order chi connectivity index (χ0) is 13.6. The van der Waals surface area contributed by atoms with E-state index in [4.69, 9.17) is 0 Å². The van der Waals surface area contributed by atoms with Crippen LogP contribution in [0.3, 0.4) is 0 Å². The molecule has 2 aliphatic rings. The Morgan fingerprint density at radius 1 is 1.22 bits per heavy atom. The molecule has 5 nitrogen and oxygen atoms in total. The van der Waals surface area contributed by atoms with Crippen molar-refractivity contribution < 1.29 is 8.42 Å². The second kappa shape index (κ2) is 4.74. The lowest BCUT2D eigenvalue weighted by Crippen LogP contribution is -2.61. The van der Waals surface area contributed by atoms with Gasteiger partial charge in [0.1, 0.15) is 0 Å². The highest BCUT2D eigenvalue weighted by atomic mass is 32.2. The quantitative estimate of drug-likeness (QED) is 0.747. The Labute approximate surface area is 111 Å². The van der Waals surface area contributed by atoms with Crippen LogP contribution in [0.15, 0.2) is 0 Å². The van der Waals surface area contributed by atoms with Crippen LogP contribution in [0.1, 0.15) is 27.2 Å². The van der Waals surface area contributed by atoms with Crippen LogP contribution < -0.4 is 0 Å². The minimum absolute atomic E-state index is 0.0194. The van der Waals surface area contributed by atoms with E-state index in [1.807, 2.05) is 0 Å². The molecule has 18 heavy (non-hydrogen) atoms. The zero-order valence-corrected chi connectivity index (χ0v) is 12.7. The van der Waals surface area contributed by atoms with Crippen LogP contribution in [0.4, 0.5) is 0 Å². The van der Waals surface area contributed by atoms with Crippen LogP contribution in [0, 0.1) is 0 Å². The summed E-state index contributed by atoms with van der Waals surface area (Å²) in [7, 11) is -3.07. The summed E-state index contributed by atoms with van der Waals surface area (Å²) < 4.78 is 25.1. The van der Waals surface area contributed by atoms with Gasteiger partial charge in [-0.3, -0.25) is 9.80 Å². The molecule has 1 unspecified atom stereocenters. The van der Waals surface area contributed by atoms with Crippen molar-refractivity contribution >= 4 is 10.0 Å². The topological polar surface area (TPSA) is 43.9 Å². The third-order valence-corrected chi connectivity index (χ3v) is 5.66. The summed E-state index contributed by atoms with van der Waals surface area (Å²) in [4.78, 5) is 4.82. The van der Waals surface area contributed by atoms with E-state index < -0.39 is 10.0 Å². The highest BCUT2D eigenvalue weighted by molar-refractivity contribution is 7.88. The first-order valence-electron chi connectivity index (χ1n) is 6.73. The number of nitrogens with zero attached hydrogens (tertiary/aromatic N) is 3. The summed E-state index contributed by atoms with van der Waals surface area (Å²) in [5.41, 5.74) is 0.0194. The highest BCUT2D eigenvalue weighted by Gasteiger charge is 2.49. The Morgan fingerprint density at radius 3 is 2.39 bits per heavy atom. The standard InChI is InChI=1S/C12H25N3O2S/c1-5-12-8-13(11(2)3)6-7-14(12)10-15(9-12)18(4,16)17/h11H,5-10H2,1-4H3. The Kier molecular flexibility index (Phi) is 3.75. The molecular formula is C12H25N3O2S. The van der Waals surface area contributed by atoms with Gasteiger partial charge < -0.3 is 0 Å². The van der Waals surface area contributed by atoms with Crippen molar-refractivity contribution in [1.29, 1.82) is 0 Å². The van der Waals surface area contributed by atoms with Gasteiger partial charge in [-0.15, -0.1) is 0 Å². The Morgan fingerprint density at radius 2 is 1.89 bits per heavy atom. The molecule has 0 radical (unpaired) electrons. The van der Waals surface area contributed by atoms with Gasteiger partial charge in [-0.05, 0) is 20.3 Å². The van der Waals surface area contributed by atoms with Gasteiger partial charge in [0.05, 0.1) is 12.9 Å². The number of fused-ring (bicyclic) bond motifs is 1. The number of hydrogen-bond acceptors (Lipinski definition) is 4. The lowest BCUT2D eigenvalue weighted by atomic mass is 9.92. The van der Waals surface area contributed by atoms with Crippen molar-refractivity contribution in [3.8, 4) is 0 Å². The molecule has 0 aromatic rings. The summed E-state index contributed by atoms with van der Waals surface area (Å²) in [5, 5.41) is 0. The van der Waals surface area contributed by atoms with Crippen LogP contribution in [0.5, 0.6) is 0 Å². The van der Waals surface area contributed by atoms with Crippen LogP contribution in [-0.2, 0) is 10.0 Å². The smallest absolute Gasteiger partial charge is 0.212 e. The van der Waals surface area contributed by atoms with Crippen molar-refractivity contribution in [2.75, 3.05) is 39.1 Å². The summed E-state index contributed by atoms with van der Waals surface area (Å²) in [6.07, 6.45) is 2.32. The van der Waals surface area contributed by atoms with Gasteiger partial charge in [0, 0.05) is 37.8 Å². The number of hydrogen-bond donors (Lipinski definition) is 0. The van der Waals surface area contributed by atoms with E-state index in [0.29, 0.717) is 19.3 Å². The molecule has 0 bridgehead atoms. The molecule has 2 saturated heterocycles. The van der Waals surface area contributed by atoms with E-state index in [0.717, 1.165) is 26.1 Å². The average molecular weight is 275 g/mol. The maximum Gasteiger partial charge on any atom is 0.212 e. The first-order valence-corrected chi connectivity index (χ1v) is 8.57. The fraction of sp³-hybridized carbons (Fsp3) is 1.00. The van der Waals surface area contributed by atoms with Crippen molar-refractivity contribution in [3.63, 3.8) is 0 Å². The molecule has 106 valence electrons. The zero-order valence-electron chi connectivity index (χ0n) is 11.9. The maximum absolute atomic E-state index is 11.7. The summed E-state index contributed by atoms with van der Waals surface area (Å²) in [6, 6.07) is 0.530. The monoisotopic (exact) mass is 275 g/mol. The first-order chi connectivity index (χ1) is 8.28. The number of sulfonamides is 1. The molecule has 1 atom stereocenters. The van der Waals surface area contributed by atoms with Crippen LogP contribution in [0.25, 0.3) is 0 Å². The predicted molar refractivity (Wildman–Crippen MR) is 72.9 cm³/mol. The molecule has 0 aromatic heterocycles. The Hall–Kier alpha value is -0.170. The third-order valence-electron chi connectivity index (χ3n) is 4.48. The molecular weight excluding hydrogens is 250 g/mol. The third kappa shape index (κ3) is 2.43. The predicted octanol–water partition coefficient (Wildman–Crippen LogP) is 0.394. The van der Waals surface area contributed by atoms with E-state index >= 15 is 0 Å². The SMILES string of the molecule is CCC12CN(C(C)C)CCN1CN(S(C)(=O)=O)C2. The first kappa shape index (κ1) is 14.2. The molecule has 2 heterocycles.